The molecule has 0 radical (unpaired) electrons. The number of amides is 1. The van der Waals surface area contributed by atoms with E-state index in [1.807, 2.05) is 24.3 Å². The molecule has 20 heavy (non-hydrogen) atoms. The van der Waals surface area contributed by atoms with Crippen LogP contribution in [0, 0.1) is 0 Å². The molecule has 1 aromatic rings. The summed E-state index contributed by atoms with van der Waals surface area (Å²) in [6, 6.07) is 7.51. The van der Waals surface area contributed by atoms with Gasteiger partial charge in [0, 0.05) is 35.7 Å². The summed E-state index contributed by atoms with van der Waals surface area (Å²) in [5.74, 6) is 0.416. The van der Waals surface area contributed by atoms with Gasteiger partial charge < -0.3 is 9.64 Å². The second-order valence-electron chi connectivity index (χ2n) is 4.19. The number of carbonyl (C=O) groups excluding carboxylic acids is 2. The molecule has 6 heteroatoms. The number of carbonyl (C=O) groups is 2. The molecular formula is C14H18ClNO3S. The number of benzene rings is 1. The van der Waals surface area contributed by atoms with E-state index in [4.69, 9.17) is 11.6 Å². The quantitative estimate of drug-likeness (QED) is 0.573. The first-order valence-corrected chi connectivity index (χ1v) is 7.58. The Bertz CT molecular complexity index is 450. The molecule has 0 aliphatic heterocycles. The first-order valence-electron chi connectivity index (χ1n) is 6.22. The van der Waals surface area contributed by atoms with Crippen molar-refractivity contribution in [2.24, 2.45) is 0 Å². The fourth-order valence-electron chi connectivity index (χ4n) is 1.46. The molecule has 110 valence electrons. The van der Waals surface area contributed by atoms with Crippen LogP contribution < -0.4 is 0 Å². The average molecular weight is 316 g/mol. The van der Waals surface area contributed by atoms with Crippen molar-refractivity contribution >= 4 is 35.2 Å². The van der Waals surface area contributed by atoms with Crippen molar-refractivity contribution in [1.82, 2.24) is 4.90 Å². The standard InChI is InChI=1S/C14H18ClNO3S/c1-16(9-7-14(18)19-2)13(17)8-10-20-12-5-3-11(15)4-6-12/h3-6H,7-10H2,1-2H3. The molecule has 0 spiro atoms. The predicted molar refractivity (Wildman–Crippen MR) is 81.1 cm³/mol. The smallest absolute Gasteiger partial charge is 0.307 e. The van der Waals surface area contributed by atoms with Gasteiger partial charge in [-0.2, -0.15) is 0 Å². The van der Waals surface area contributed by atoms with Crippen molar-refractivity contribution in [1.29, 1.82) is 0 Å². The van der Waals surface area contributed by atoms with Crippen LogP contribution in [0.25, 0.3) is 0 Å². The number of halogens is 1. The monoisotopic (exact) mass is 315 g/mol. The van der Waals surface area contributed by atoms with Crippen LogP contribution in [0.3, 0.4) is 0 Å². The minimum atomic E-state index is -0.305. The first-order chi connectivity index (χ1) is 9.52. The Morgan fingerprint density at radius 2 is 1.90 bits per heavy atom. The Hall–Kier alpha value is -1.20. The number of esters is 1. The highest BCUT2D eigenvalue weighted by molar-refractivity contribution is 7.99. The Labute approximate surface area is 128 Å². The molecular weight excluding hydrogens is 298 g/mol. The highest BCUT2D eigenvalue weighted by Crippen LogP contribution is 2.21. The third-order valence-electron chi connectivity index (χ3n) is 2.70. The molecule has 0 bridgehead atoms. The fraction of sp³-hybridized carbons (Fsp3) is 0.429. The first kappa shape index (κ1) is 16.9. The Morgan fingerprint density at radius 1 is 1.25 bits per heavy atom. The van der Waals surface area contributed by atoms with E-state index in [0.29, 0.717) is 23.7 Å². The molecule has 0 fully saturated rings. The third kappa shape index (κ3) is 6.30. The van der Waals surface area contributed by atoms with E-state index in [2.05, 4.69) is 4.74 Å². The van der Waals surface area contributed by atoms with Gasteiger partial charge in [0.2, 0.25) is 5.91 Å². The van der Waals surface area contributed by atoms with Crippen LogP contribution in [-0.2, 0) is 14.3 Å². The normalized spacial score (nSPS) is 10.2. The SMILES string of the molecule is COC(=O)CCN(C)C(=O)CCSc1ccc(Cl)cc1. The Morgan fingerprint density at radius 3 is 2.50 bits per heavy atom. The molecule has 1 rings (SSSR count). The van der Waals surface area contributed by atoms with Gasteiger partial charge in [-0.05, 0) is 24.3 Å². The molecule has 0 aliphatic rings. The van der Waals surface area contributed by atoms with Crippen molar-refractivity contribution in [2.45, 2.75) is 17.7 Å². The van der Waals surface area contributed by atoms with Gasteiger partial charge >= 0.3 is 5.97 Å². The molecule has 0 aromatic heterocycles. The van der Waals surface area contributed by atoms with E-state index in [1.165, 1.54) is 7.11 Å². The number of thioether (sulfide) groups is 1. The molecule has 4 nitrogen and oxygen atoms in total. The molecule has 0 saturated carbocycles. The number of hydrogen-bond acceptors (Lipinski definition) is 4. The summed E-state index contributed by atoms with van der Waals surface area (Å²) in [6.07, 6.45) is 0.661. The van der Waals surface area contributed by atoms with E-state index in [0.717, 1.165) is 4.90 Å². The lowest BCUT2D eigenvalue weighted by Gasteiger charge is -2.16. The summed E-state index contributed by atoms with van der Waals surface area (Å²) in [5.41, 5.74) is 0. The van der Waals surface area contributed by atoms with Crippen molar-refractivity contribution in [3.05, 3.63) is 29.3 Å². The highest BCUT2D eigenvalue weighted by Gasteiger charge is 2.10. The van der Waals surface area contributed by atoms with E-state index in [9.17, 15) is 9.59 Å². The topological polar surface area (TPSA) is 46.6 Å². The van der Waals surface area contributed by atoms with Crippen molar-refractivity contribution in [3.63, 3.8) is 0 Å². The van der Waals surface area contributed by atoms with Gasteiger partial charge in [0.15, 0.2) is 0 Å². The van der Waals surface area contributed by atoms with Gasteiger partial charge in [-0.1, -0.05) is 11.6 Å². The van der Waals surface area contributed by atoms with Crippen LogP contribution in [-0.4, -0.2) is 43.2 Å². The predicted octanol–water partition coefficient (Wildman–Crippen LogP) is 2.84. The van der Waals surface area contributed by atoms with E-state index in [1.54, 1.807) is 23.7 Å². The van der Waals surface area contributed by atoms with Crippen LogP contribution in [0.2, 0.25) is 5.02 Å². The van der Waals surface area contributed by atoms with Crippen LogP contribution in [0.5, 0.6) is 0 Å². The van der Waals surface area contributed by atoms with Gasteiger partial charge in [0.1, 0.15) is 0 Å². The molecule has 1 amide bonds. The summed E-state index contributed by atoms with van der Waals surface area (Å²) >= 11 is 7.41. The molecule has 1 aromatic carbocycles. The fourth-order valence-corrected chi connectivity index (χ4v) is 2.43. The Balaban J connectivity index is 2.25. The molecule has 0 saturated heterocycles. The summed E-state index contributed by atoms with van der Waals surface area (Å²) in [4.78, 5) is 25.5. The zero-order chi connectivity index (χ0) is 15.0. The summed E-state index contributed by atoms with van der Waals surface area (Å²) < 4.78 is 4.54. The molecule has 0 atom stereocenters. The number of nitrogens with zero attached hydrogens (tertiary/aromatic N) is 1. The molecule has 0 N–H and O–H groups in total. The maximum atomic E-state index is 11.8. The molecule has 0 heterocycles. The zero-order valence-electron chi connectivity index (χ0n) is 11.6. The zero-order valence-corrected chi connectivity index (χ0v) is 13.2. The Kier molecular flexibility index (Phi) is 7.47. The van der Waals surface area contributed by atoms with Crippen molar-refractivity contribution in [2.75, 3.05) is 26.5 Å². The maximum absolute atomic E-state index is 11.8. The van der Waals surface area contributed by atoms with Gasteiger partial charge in [0.05, 0.1) is 13.5 Å². The van der Waals surface area contributed by atoms with Crippen LogP contribution in [0.1, 0.15) is 12.8 Å². The van der Waals surface area contributed by atoms with Crippen LogP contribution in [0.4, 0.5) is 0 Å². The van der Waals surface area contributed by atoms with E-state index < -0.39 is 0 Å². The summed E-state index contributed by atoms with van der Waals surface area (Å²) in [6.45, 7) is 0.386. The van der Waals surface area contributed by atoms with Crippen LogP contribution >= 0.6 is 23.4 Å². The second-order valence-corrected chi connectivity index (χ2v) is 5.80. The minimum Gasteiger partial charge on any atom is -0.469 e. The lowest BCUT2D eigenvalue weighted by Crippen LogP contribution is -2.29. The number of methoxy groups -OCH3 is 1. The number of ether oxygens (including phenoxy) is 1. The molecule has 0 aliphatic carbocycles. The van der Waals surface area contributed by atoms with Crippen molar-refractivity contribution < 1.29 is 14.3 Å². The highest BCUT2D eigenvalue weighted by atomic mass is 35.5. The molecule has 0 unspecified atom stereocenters. The van der Waals surface area contributed by atoms with Crippen LogP contribution in [0.15, 0.2) is 29.2 Å². The van der Waals surface area contributed by atoms with Crippen molar-refractivity contribution in [3.8, 4) is 0 Å². The lowest BCUT2D eigenvalue weighted by atomic mass is 10.3. The minimum absolute atomic E-state index is 0.0235. The third-order valence-corrected chi connectivity index (χ3v) is 3.97. The summed E-state index contributed by atoms with van der Waals surface area (Å²) in [5, 5.41) is 0.702. The number of rotatable bonds is 7. The number of hydrogen-bond donors (Lipinski definition) is 0. The van der Waals surface area contributed by atoms with E-state index in [-0.39, 0.29) is 18.3 Å². The van der Waals surface area contributed by atoms with Gasteiger partial charge in [-0.15, -0.1) is 11.8 Å². The van der Waals surface area contributed by atoms with E-state index >= 15 is 0 Å². The van der Waals surface area contributed by atoms with Gasteiger partial charge in [-0.25, -0.2) is 0 Å². The summed E-state index contributed by atoms with van der Waals surface area (Å²) in [7, 11) is 3.03. The average Bonchev–Trinajstić information content (AvgIpc) is 2.46. The van der Waals surface area contributed by atoms with Gasteiger partial charge in [-0.3, -0.25) is 9.59 Å². The maximum Gasteiger partial charge on any atom is 0.307 e. The largest absolute Gasteiger partial charge is 0.469 e. The lowest BCUT2D eigenvalue weighted by molar-refractivity contribution is -0.141. The van der Waals surface area contributed by atoms with Gasteiger partial charge in [0.25, 0.3) is 0 Å². The second kappa shape index (κ2) is 8.87.